The number of nitrogens with zero attached hydrogens (tertiary/aromatic N) is 3. The number of aryl methyl sites for hydroxylation is 1. The summed E-state index contributed by atoms with van der Waals surface area (Å²) in [5, 5.41) is 0.718. The maximum atomic E-state index is 13.1. The van der Waals surface area contributed by atoms with Crippen molar-refractivity contribution in [2.75, 3.05) is 31.1 Å². The molecule has 0 atom stereocenters. The summed E-state index contributed by atoms with van der Waals surface area (Å²) in [5.41, 5.74) is 2.57. The summed E-state index contributed by atoms with van der Waals surface area (Å²) >= 11 is 6.09. The minimum Gasteiger partial charge on any atom is -0.435 e. The minimum atomic E-state index is -0.111. The van der Waals surface area contributed by atoms with Crippen LogP contribution in [0.25, 0.3) is 11.3 Å². The van der Waals surface area contributed by atoms with Crippen LogP contribution in [0.5, 0.6) is 0 Å². The Morgan fingerprint density at radius 1 is 1.04 bits per heavy atom. The van der Waals surface area contributed by atoms with Gasteiger partial charge in [0.2, 0.25) is 5.76 Å². The number of hydrogen-bond donors (Lipinski definition) is 0. The van der Waals surface area contributed by atoms with Gasteiger partial charge in [-0.25, -0.2) is 4.98 Å². The molecular formula is C21H20ClN3O2. The van der Waals surface area contributed by atoms with Crippen LogP contribution in [0.4, 0.5) is 5.69 Å². The first kappa shape index (κ1) is 17.6. The average Bonchev–Trinajstić information content (AvgIpc) is 3.10. The lowest BCUT2D eigenvalue weighted by Gasteiger charge is -2.35. The minimum absolute atomic E-state index is 0.111. The van der Waals surface area contributed by atoms with E-state index in [1.54, 1.807) is 6.92 Å². The third kappa shape index (κ3) is 3.69. The van der Waals surface area contributed by atoms with Gasteiger partial charge in [0.25, 0.3) is 5.91 Å². The maximum absolute atomic E-state index is 13.1. The van der Waals surface area contributed by atoms with Gasteiger partial charge in [0.05, 0.1) is 0 Å². The number of anilines is 1. The van der Waals surface area contributed by atoms with E-state index in [9.17, 15) is 4.79 Å². The molecule has 27 heavy (non-hydrogen) atoms. The van der Waals surface area contributed by atoms with Crippen molar-refractivity contribution in [1.29, 1.82) is 0 Å². The van der Waals surface area contributed by atoms with Crippen LogP contribution in [0.15, 0.2) is 59.0 Å². The Kier molecular flexibility index (Phi) is 4.86. The van der Waals surface area contributed by atoms with Crippen LogP contribution in [0, 0.1) is 6.92 Å². The van der Waals surface area contributed by atoms with Gasteiger partial charge in [0.15, 0.2) is 5.89 Å². The number of carbonyl (C=O) groups excluding carboxylic acids is 1. The molecule has 0 aliphatic carbocycles. The second-order valence-electron chi connectivity index (χ2n) is 6.54. The summed E-state index contributed by atoms with van der Waals surface area (Å²) in [6.45, 7) is 4.51. The highest BCUT2D eigenvalue weighted by Crippen LogP contribution is 2.26. The summed E-state index contributed by atoms with van der Waals surface area (Å²) in [5.74, 6) is 0.699. The van der Waals surface area contributed by atoms with E-state index < -0.39 is 0 Å². The number of halogens is 1. The van der Waals surface area contributed by atoms with Crippen molar-refractivity contribution in [2.45, 2.75) is 6.92 Å². The fourth-order valence-electron chi connectivity index (χ4n) is 3.35. The van der Waals surface area contributed by atoms with Crippen LogP contribution in [0.3, 0.4) is 0 Å². The van der Waals surface area contributed by atoms with Crippen molar-refractivity contribution in [2.24, 2.45) is 0 Å². The Morgan fingerprint density at radius 3 is 2.48 bits per heavy atom. The molecule has 0 unspecified atom stereocenters. The Labute approximate surface area is 163 Å². The van der Waals surface area contributed by atoms with Crippen LogP contribution in [-0.4, -0.2) is 42.0 Å². The van der Waals surface area contributed by atoms with Gasteiger partial charge in [-0.15, -0.1) is 0 Å². The van der Waals surface area contributed by atoms with E-state index in [0.29, 0.717) is 30.4 Å². The van der Waals surface area contributed by atoms with Crippen molar-refractivity contribution >= 4 is 23.2 Å². The Morgan fingerprint density at radius 2 is 1.78 bits per heavy atom. The normalized spacial score (nSPS) is 14.4. The fraction of sp³-hybridized carbons (Fsp3) is 0.238. The quantitative estimate of drug-likeness (QED) is 0.680. The second-order valence-corrected chi connectivity index (χ2v) is 6.97. The molecule has 0 radical (unpaired) electrons. The van der Waals surface area contributed by atoms with Crippen molar-refractivity contribution in [3.05, 3.63) is 71.3 Å². The molecule has 1 aliphatic rings. The van der Waals surface area contributed by atoms with Gasteiger partial charge in [-0.1, -0.05) is 48.0 Å². The Balaban J connectivity index is 1.51. The molecule has 3 aromatic rings. The average molecular weight is 382 g/mol. The highest BCUT2D eigenvalue weighted by atomic mass is 35.5. The third-order valence-electron chi connectivity index (χ3n) is 4.72. The Bertz CT molecular complexity index is 947. The number of oxazole rings is 1. The van der Waals surface area contributed by atoms with Crippen molar-refractivity contribution in [1.82, 2.24) is 9.88 Å². The first-order valence-electron chi connectivity index (χ1n) is 8.94. The number of carbonyl (C=O) groups is 1. The topological polar surface area (TPSA) is 49.6 Å². The van der Waals surface area contributed by atoms with Gasteiger partial charge in [-0.05, 0) is 18.2 Å². The number of aromatic nitrogens is 1. The highest BCUT2D eigenvalue weighted by Gasteiger charge is 2.28. The number of amides is 1. The number of hydrogen-bond acceptors (Lipinski definition) is 4. The summed E-state index contributed by atoms with van der Waals surface area (Å²) in [7, 11) is 0. The van der Waals surface area contributed by atoms with Crippen LogP contribution in [-0.2, 0) is 0 Å². The van der Waals surface area contributed by atoms with E-state index >= 15 is 0 Å². The monoisotopic (exact) mass is 381 g/mol. The molecule has 1 saturated heterocycles. The lowest BCUT2D eigenvalue weighted by atomic mass is 10.1. The lowest BCUT2D eigenvalue weighted by molar-refractivity contribution is 0.0714. The van der Waals surface area contributed by atoms with Gasteiger partial charge in [-0.2, -0.15) is 0 Å². The smallest absolute Gasteiger partial charge is 0.292 e. The van der Waals surface area contributed by atoms with Gasteiger partial charge in [0.1, 0.15) is 5.69 Å². The van der Waals surface area contributed by atoms with Crippen molar-refractivity contribution in [3.63, 3.8) is 0 Å². The molecule has 1 amide bonds. The first-order valence-corrected chi connectivity index (χ1v) is 9.32. The molecule has 4 rings (SSSR count). The molecule has 0 spiro atoms. The zero-order valence-corrected chi connectivity index (χ0v) is 15.8. The number of rotatable bonds is 3. The van der Waals surface area contributed by atoms with Gasteiger partial charge < -0.3 is 14.2 Å². The summed E-state index contributed by atoms with van der Waals surface area (Å²) in [6.07, 6.45) is 0. The molecule has 5 nitrogen and oxygen atoms in total. The predicted molar refractivity (Wildman–Crippen MR) is 106 cm³/mol. The maximum Gasteiger partial charge on any atom is 0.292 e. The third-order valence-corrected chi connectivity index (χ3v) is 4.95. The van der Waals surface area contributed by atoms with Crippen LogP contribution < -0.4 is 4.90 Å². The fourth-order valence-corrected chi connectivity index (χ4v) is 3.53. The summed E-state index contributed by atoms with van der Waals surface area (Å²) in [6, 6.07) is 17.5. The second kappa shape index (κ2) is 7.45. The zero-order valence-electron chi connectivity index (χ0n) is 15.1. The number of piperazine rings is 1. The number of benzene rings is 2. The molecule has 0 saturated carbocycles. The van der Waals surface area contributed by atoms with Crippen LogP contribution in [0.1, 0.15) is 16.4 Å². The van der Waals surface area contributed by atoms with E-state index in [1.807, 2.05) is 59.5 Å². The molecule has 138 valence electrons. The van der Waals surface area contributed by atoms with E-state index in [1.165, 1.54) is 0 Å². The largest absolute Gasteiger partial charge is 0.435 e. The molecule has 1 aliphatic heterocycles. The van der Waals surface area contributed by atoms with Gasteiger partial charge in [-0.3, -0.25) is 4.79 Å². The highest BCUT2D eigenvalue weighted by molar-refractivity contribution is 6.30. The van der Waals surface area contributed by atoms with Gasteiger partial charge in [0, 0.05) is 49.4 Å². The molecule has 6 heteroatoms. The molecule has 1 fully saturated rings. The van der Waals surface area contributed by atoms with Gasteiger partial charge >= 0.3 is 0 Å². The summed E-state index contributed by atoms with van der Waals surface area (Å²) < 4.78 is 5.68. The lowest BCUT2D eigenvalue weighted by Crippen LogP contribution is -2.48. The molecule has 0 bridgehead atoms. The molecule has 1 aromatic heterocycles. The van der Waals surface area contributed by atoms with E-state index in [-0.39, 0.29) is 5.91 Å². The van der Waals surface area contributed by atoms with E-state index in [2.05, 4.69) is 9.88 Å². The Hall–Kier alpha value is -2.79. The van der Waals surface area contributed by atoms with E-state index in [4.69, 9.17) is 16.0 Å². The first-order chi connectivity index (χ1) is 13.1. The molecule has 2 aromatic carbocycles. The molecule has 0 N–H and O–H groups in total. The summed E-state index contributed by atoms with van der Waals surface area (Å²) in [4.78, 5) is 21.5. The SMILES string of the molecule is Cc1nc(-c2ccccc2)c(C(=O)N2CCN(c3cccc(Cl)c3)CC2)o1. The van der Waals surface area contributed by atoms with Crippen molar-refractivity contribution < 1.29 is 9.21 Å². The van der Waals surface area contributed by atoms with E-state index in [0.717, 1.165) is 29.4 Å². The standard InChI is InChI=1S/C21H20ClN3O2/c1-15-23-19(16-6-3-2-4-7-16)20(27-15)21(26)25-12-10-24(11-13-25)18-9-5-8-17(22)14-18/h2-9,14H,10-13H2,1H3. The zero-order chi connectivity index (χ0) is 18.8. The molecular weight excluding hydrogens is 362 g/mol. The molecule has 2 heterocycles. The van der Waals surface area contributed by atoms with Crippen LogP contribution >= 0.6 is 11.6 Å². The van der Waals surface area contributed by atoms with Crippen LogP contribution in [0.2, 0.25) is 5.02 Å². The van der Waals surface area contributed by atoms with Crippen molar-refractivity contribution in [3.8, 4) is 11.3 Å². The predicted octanol–water partition coefficient (Wildman–Crippen LogP) is 4.27.